The number of allylic oxidation sites excluding steroid dienone is 3. The van der Waals surface area contributed by atoms with Gasteiger partial charge in [-0.05, 0) is 59.6 Å². The minimum absolute atomic E-state index is 0.502. The summed E-state index contributed by atoms with van der Waals surface area (Å²) in [6.45, 7) is 10.7. The van der Waals surface area contributed by atoms with E-state index in [0.29, 0.717) is 12.4 Å². The van der Waals surface area contributed by atoms with Gasteiger partial charge in [-0.1, -0.05) is 17.2 Å². The van der Waals surface area contributed by atoms with Crippen molar-refractivity contribution in [2.24, 2.45) is 0 Å². The Balaban J connectivity index is 2.25. The predicted molar refractivity (Wildman–Crippen MR) is 111 cm³/mol. The summed E-state index contributed by atoms with van der Waals surface area (Å²) in [6.07, 6.45) is 5.93. The smallest absolute Gasteiger partial charge is 0.195 e. The molecule has 1 aromatic carbocycles. The highest BCUT2D eigenvalue weighted by molar-refractivity contribution is 5.57. The largest absolute Gasteiger partial charge is 0.496 e. The van der Waals surface area contributed by atoms with E-state index in [1.54, 1.807) is 21.3 Å². The van der Waals surface area contributed by atoms with Gasteiger partial charge in [0.05, 0.1) is 12.7 Å². The van der Waals surface area contributed by atoms with E-state index in [4.69, 9.17) is 23.7 Å². The van der Waals surface area contributed by atoms with Crippen LogP contribution in [0.25, 0.3) is 0 Å². The lowest BCUT2D eigenvalue weighted by Crippen LogP contribution is -2.23. The molecule has 1 aliphatic heterocycles. The third-order valence-corrected chi connectivity index (χ3v) is 5.15. The fourth-order valence-electron chi connectivity index (χ4n) is 3.39. The monoisotopic (exact) mass is 390 g/mol. The Morgan fingerprint density at radius 1 is 1.18 bits per heavy atom. The molecule has 0 N–H and O–H groups in total. The van der Waals surface area contributed by atoms with Crippen molar-refractivity contribution in [1.29, 1.82) is 0 Å². The second-order valence-corrected chi connectivity index (χ2v) is 7.51. The highest BCUT2D eigenvalue weighted by atomic mass is 16.8. The SMILES string of the molecule is COc1c(C)c(OC/C=C(\C)CCC=C(C)C)cc2c1C(OC)O[C@@]2(C)OC. The van der Waals surface area contributed by atoms with Crippen molar-refractivity contribution in [2.75, 3.05) is 27.9 Å². The van der Waals surface area contributed by atoms with Gasteiger partial charge in [-0.2, -0.15) is 0 Å². The Morgan fingerprint density at radius 3 is 2.46 bits per heavy atom. The maximum absolute atomic E-state index is 6.09. The molecule has 0 saturated heterocycles. The number of hydrogen-bond donors (Lipinski definition) is 0. The van der Waals surface area contributed by atoms with Crippen molar-refractivity contribution < 1.29 is 23.7 Å². The molecular weight excluding hydrogens is 356 g/mol. The van der Waals surface area contributed by atoms with Crippen LogP contribution in [-0.4, -0.2) is 27.9 Å². The quantitative estimate of drug-likeness (QED) is 0.516. The van der Waals surface area contributed by atoms with Gasteiger partial charge in [0.15, 0.2) is 12.1 Å². The Kier molecular flexibility index (Phi) is 7.70. The number of hydrogen-bond acceptors (Lipinski definition) is 5. The topological polar surface area (TPSA) is 46.2 Å². The number of ether oxygens (including phenoxy) is 5. The summed E-state index contributed by atoms with van der Waals surface area (Å²) in [6, 6.07) is 1.97. The second kappa shape index (κ2) is 9.59. The first-order valence-electron chi connectivity index (χ1n) is 9.66. The van der Waals surface area contributed by atoms with E-state index in [0.717, 1.165) is 35.3 Å². The molecule has 0 radical (unpaired) electrons. The van der Waals surface area contributed by atoms with Crippen LogP contribution in [0.15, 0.2) is 29.4 Å². The van der Waals surface area contributed by atoms with E-state index in [2.05, 4.69) is 32.9 Å². The number of fused-ring (bicyclic) bond motifs is 1. The maximum Gasteiger partial charge on any atom is 0.195 e. The highest BCUT2D eigenvalue weighted by Crippen LogP contribution is 2.51. The maximum atomic E-state index is 6.09. The Hall–Kier alpha value is -1.82. The molecule has 0 fully saturated rings. The summed E-state index contributed by atoms with van der Waals surface area (Å²) in [4.78, 5) is 0. The molecule has 0 aromatic heterocycles. The first-order valence-corrected chi connectivity index (χ1v) is 9.66. The van der Waals surface area contributed by atoms with Crippen molar-refractivity contribution in [2.45, 2.75) is 59.5 Å². The average Bonchev–Trinajstić information content (AvgIpc) is 2.94. The van der Waals surface area contributed by atoms with Crippen LogP contribution in [0.1, 0.15) is 63.5 Å². The normalized spacial score (nSPS) is 21.4. The second-order valence-electron chi connectivity index (χ2n) is 7.51. The standard InChI is InChI=1S/C23H34O5/c1-15(2)10-9-11-16(3)12-13-27-19-14-18-20(21(24-6)17(19)4)22(25-7)28-23(18,5)26-8/h10,12,14,22H,9,11,13H2,1-8H3/b16-12+/t22?,23-/m1/s1. The molecule has 0 spiro atoms. The van der Waals surface area contributed by atoms with Gasteiger partial charge in [-0.25, -0.2) is 0 Å². The van der Waals surface area contributed by atoms with Crippen molar-refractivity contribution >= 4 is 0 Å². The van der Waals surface area contributed by atoms with Gasteiger partial charge in [0, 0.05) is 25.3 Å². The van der Waals surface area contributed by atoms with E-state index in [9.17, 15) is 0 Å². The Bertz CT molecular complexity index is 746. The van der Waals surface area contributed by atoms with Gasteiger partial charge in [0.25, 0.3) is 0 Å². The molecule has 2 atom stereocenters. The minimum Gasteiger partial charge on any atom is -0.496 e. The summed E-state index contributed by atoms with van der Waals surface area (Å²) in [5.74, 6) is 0.558. The lowest BCUT2D eigenvalue weighted by atomic mass is 9.98. The van der Waals surface area contributed by atoms with Gasteiger partial charge < -0.3 is 23.7 Å². The van der Waals surface area contributed by atoms with E-state index in [-0.39, 0.29) is 0 Å². The molecule has 1 heterocycles. The molecule has 28 heavy (non-hydrogen) atoms. The van der Waals surface area contributed by atoms with Crippen molar-refractivity contribution in [1.82, 2.24) is 0 Å². The van der Waals surface area contributed by atoms with Gasteiger partial charge in [-0.3, -0.25) is 0 Å². The molecule has 0 saturated carbocycles. The zero-order valence-electron chi connectivity index (χ0n) is 18.5. The predicted octanol–water partition coefficient (Wildman–Crippen LogP) is 5.57. The van der Waals surface area contributed by atoms with E-state index >= 15 is 0 Å². The fraction of sp³-hybridized carbons (Fsp3) is 0.565. The fourth-order valence-corrected chi connectivity index (χ4v) is 3.39. The third kappa shape index (κ3) is 4.77. The molecule has 1 unspecified atom stereocenters. The number of benzene rings is 1. The number of rotatable bonds is 9. The Labute approximate surface area is 169 Å². The van der Waals surface area contributed by atoms with Crippen molar-refractivity contribution in [3.05, 3.63) is 46.1 Å². The molecule has 156 valence electrons. The first kappa shape index (κ1) is 22.5. The van der Waals surface area contributed by atoms with Crippen LogP contribution in [0.2, 0.25) is 0 Å². The lowest BCUT2D eigenvalue weighted by molar-refractivity contribution is -0.280. The Morgan fingerprint density at radius 2 is 1.89 bits per heavy atom. The van der Waals surface area contributed by atoms with Crippen molar-refractivity contribution in [3.8, 4) is 11.5 Å². The van der Waals surface area contributed by atoms with Gasteiger partial charge >= 0.3 is 0 Å². The zero-order valence-corrected chi connectivity index (χ0v) is 18.5. The van der Waals surface area contributed by atoms with E-state index in [1.165, 1.54) is 11.1 Å². The molecular formula is C23H34O5. The van der Waals surface area contributed by atoms with Crippen LogP contribution in [0, 0.1) is 6.92 Å². The van der Waals surface area contributed by atoms with E-state index < -0.39 is 12.1 Å². The average molecular weight is 391 g/mol. The summed E-state index contributed by atoms with van der Waals surface area (Å²) in [5, 5.41) is 0. The molecule has 2 rings (SSSR count). The van der Waals surface area contributed by atoms with Crippen molar-refractivity contribution in [3.63, 3.8) is 0 Å². The summed E-state index contributed by atoms with van der Waals surface area (Å²) in [5.41, 5.74) is 5.30. The molecule has 0 aliphatic carbocycles. The van der Waals surface area contributed by atoms with Crippen LogP contribution in [0.4, 0.5) is 0 Å². The lowest BCUT2D eigenvalue weighted by Gasteiger charge is -2.24. The van der Waals surface area contributed by atoms with Crippen LogP contribution < -0.4 is 9.47 Å². The third-order valence-electron chi connectivity index (χ3n) is 5.15. The minimum atomic E-state index is -0.912. The van der Waals surface area contributed by atoms with Crippen LogP contribution in [0.3, 0.4) is 0 Å². The summed E-state index contributed by atoms with van der Waals surface area (Å²) < 4.78 is 28.9. The highest BCUT2D eigenvalue weighted by Gasteiger charge is 2.45. The molecule has 1 aromatic rings. The molecule has 5 heteroatoms. The molecule has 1 aliphatic rings. The van der Waals surface area contributed by atoms with Crippen LogP contribution in [-0.2, 0) is 20.0 Å². The van der Waals surface area contributed by atoms with Gasteiger partial charge in [-0.15, -0.1) is 0 Å². The zero-order chi connectivity index (χ0) is 20.9. The van der Waals surface area contributed by atoms with Gasteiger partial charge in [0.1, 0.15) is 18.1 Å². The van der Waals surface area contributed by atoms with E-state index in [1.807, 2.05) is 19.9 Å². The molecule has 0 bridgehead atoms. The van der Waals surface area contributed by atoms with Crippen LogP contribution >= 0.6 is 0 Å². The first-order chi connectivity index (χ1) is 13.3. The molecule has 5 nitrogen and oxygen atoms in total. The summed E-state index contributed by atoms with van der Waals surface area (Å²) >= 11 is 0. The van der Waals surface area contributed by atoms with Crippen LogP contribution in [0.5, 0.6) is 11.5 Å². The molecule has 0 amide bonds. The van der Waals surface area contributed by atoms with Gasteiger partial charge in [0.2, 0.25) is 0 Å². The summed E-state index contributed by atoms with van der Waals surface area (Å²) in [7, 11) is 4.87. The number of methoxy groups -OCH3 is 3.